The molecule has 1 N–H and O–H groups in total. The van der Waals surface area contributed by atoms with Crippen molar-refractivity contribution in [3.05, 3.63) is 23.8 Å². The van der Waals surface area contributed by atoms with Crippen LogP contribution in [0.5, 0.6) is 11.5 Å². The van der Waals surface area contributed by atoms with E-state index in [1.807, 2.05) is 18.2 Å². The monoisotopic (exact) mass is 348 g/mol. The molecule has 0 aliphatic heterocycles. The summed E-state index contributed by atoms with van der Waals surface area (Å²) in [5.74, 6) is 1.25. The number of amides is 2. The summed E-state index contributed by atoms with van der Waals surface area (Å²) < 4.78 is 10.5. The fraction of sp³-hybridized carbons (Fsp3) is 0.579. The molecule has 0 spiro atoms. The van der Waals surface area contributed by atoms with E-state index < -0.39 is 0 Å². The highest BCUT2D eigenvalue weighted by Gasteiger charge is 2.21. The number of carbonyl (C=O) groups is 2. The molecule has 1 saturated carbocycles. The van der Waals surface area contributed by atoms with E-state index in [1.54, 1.807) is 26.2 Å². The maximum Gasteiger partial charge on any atom is 0.242 e. The molecular weight excluding hydrogens is 320 g/mol. The number of likely N-dealkylation sites (N-methyl/N-ethyl adjacent to an activating group) is 1. The third-order valence-electron chi connectivity index (χ3n) is 4.68. The topological polar surface area (TPSA) is 67.9 Å². The fourth-order valence-corrected chi connectivity index (χ4v) is 3.15. The third kappa shape index (κ3) is 5.37. The SMILES string of the molecule is COc1ccc(CN(C)C(=O)CNC(=O)C2CCCCC2)cc1OC. The normalized spacial score (nSPS) is 14.7. The zero-order chi connectivity index (χ0) is 18.2. The van der Waals surface area contributed by atoms with Crippen molar-refractivity contribution < 1.29 is 19.1 Å². The van der Waals surface area contributed by atoms with Crippen molar-refractivity contribution in [3.8, 4) is 11.5 Å². The molecule has 6 nitrogen and oxygen atoms in total. The second-order valence-corrected chi connectivity index (χ2v) is 6.49. The Balaban J connectivity index is 1.84. The molecule has 2 rings (SSSR count). The van der Waals surface area contributed by atoms with Gasteiger partial charge < -0.3 is 19.7 Å². The van der Waals surface area contributed by atoms with Gasteiger partial charge in [0.05, 0.1) is 20.8 Å². The first-order chi connectivity index (χ1) is 12.0. The standard InChI is InChI=1S/C19H28N2O4/c1-21(13-14-9-10-16(24-2)17(11-14)25-3)18(22)12-20-19(23)15-7-5-4-6-8-15/h9-11,15H,4-8,12-13H2,1-3H3,(H,20,23). The van der Waals surface area contributed by atoms with Gasteiger partial charge in [-0.1, -0.05) is 25.3 Å². The van der Waals surface area contributed by atoms with Crippen molar-refractivity contribution in [1.82, 2.24) is 10.2 Å². The van der Waals surface area contributed by atoms with Crippen molar-refractivity contribution in [2.24, 2.45) is 5.92 Å². The minimum absolute atomic E-state index is 0.00701. The highest BCUT2D eigenvalue weighted by Crippen LogP contribution is 2.28. The molecule has 1 aromatic carbocycles. The van der Waals surface area contributed by atoms with Crippen LogP contribution in [-0.2, 0) is 16.1 Å². The van der Waals surface area contributed by atoms with Crippen molar-refractivity contribution in [2.75, 3.05) is 27.8 Å². The number of methoxy groups -OCH3 is 2. The van der Waals surface area contributed by atoms with E-state index in [9.17, 15) is 9.59 Å². The smallest absolute Gasteiger partial charge is 0.242 e. The van der Waals surface area contributed by atoms with Gasteiger partial charge in [-0.05, 0) is 30.5 Å². The van der Waals surface area contributed by atoms with Crippen LogP contribution in [0.25, 0.3) is 0 Å². The summed E-state index contributed by atoms with van der Waals surface area (Å²) in [6, 6.07) is 5.56. The van der Waals surface area contributed by atoms with Gasteiger partial charge in [-0.2, -0.15) is 0 Å². The molecule has 1 aliphatic rings. The summed E-state index contributed by atoms with van der Waals surface area (Å²) >= 11 is 0. The summed E-state index contributed by atoms with van der Waals surface area (Å²) in [5.41, 5.74) is 0.937. The molecule has 138 valence electrons. The molecule has 1 aliphatic carbocycles. The maximum absolute atomic E-state index is 12.3. The second-order valence-electron chi connectivity index (χ2n) is 6.49. The Morgan fingerprint density at radius 3 is 2.44 bits per heavy atom. The van der Waals surface area contributed by atoms with E-state index in [2.05, 4.69) is 5.32 Å². The Labute approximate surface area is 149 Å². The average Bonchev–Trinajstić information content (AvgIpc) is 2.66. The number of hydrogen-bond acceptors (Lipinski definition) is 4. The maximum atomic E-state index is 12.3. The van der Waals surface area contributed by atoms with Gasteiger partial charge in [0, 0.05) is 19.5 Å². The lowest BCUT2D eigenvalue weighted by atomic mass is 9.89. The van der Waals surface area contributed by atoms with Gasteiger partial charge in [0.1, 0.15) is 0 Å². The first-order valence-electron chi connectivity index (χ1n) is 8.77. The molecule has 2 amide bonds. The summed E-state index contributed by atoms with van der Waals surface area (Å²) in [7, 11) is 4.89. The molecule has 6 heteroatoms. The Morgan fingerprint density at radius 2 is 1.80 bits per heavy atom. The second kappa shape index (κ2) is 9.30. The van der Waals surface area contributed by atoms with Crippen LogP contribution in [0, 0.1) is 5.92 Å². The number of nitrogens with zero attached hydrogens (tertiary/aromatic N) is 1. The van der Waals surface area contributed by atoms with E-state index in [-0.39, 0.29) is 24.3 Å². The number of hydrogen-bond donors (Lipinski definition) is 1. The zero-order valence-corrected chi connectivity index (χ0v) is 15.3. The summed E-state index contributed by atoms with van der Waals surface area (Å²) in [6.07, 6.45) is 5.27. The third-order valence-corrected chi connectivity index (χ3v) is 4.68. The number of carbonyl (C=O) groups excluding carboxylic acids is 2. The lowest BCUT2D eigenvalue weighted by molar-refractivity contribution is -0.133. The van der Waals surface area contributed by atoms with Gasteiger partial charge in [0.2, 0.25) is 11.8 Å². The van der Waals surface area contributed by atoms with Crippen molar-refractivity contribution in [2.45, 2.75) is 38.6 Å². The molecule has 0 unspecified atom stereocenters. The van der Waals surface area contributed by atoms with E-state index in [4.69, 9.17) is 9.47 Å². The Bertz CT molecular complexity index is 597. The van der Waals surface area contributed by atoms with Gasteiger partial charge >= 0.3 is 0 Å². The quantitative estimate of drug-likeness (QED) is 0.821. The van der Waals surface area contributed by atoms with Crippen LogP contribution in [0.1, 0.15) is 37.7 Å². The molecule has 0 aromatic heterocycles. The van der Waals surface area contributed by atoms with Crippen LogP contribution in [0.4, 0.5) is 0 Å². The minimum Gasteiger partial charge on any atom is -0.493 e. The van der Waals surface area contributed by atoms with Crippen LogP contribution in [-0.4, -0.2) is 44.5 Å². The predicted molar refractivity (Wildman–Crippen MR) is 95.6 cm³/mol. The molecule has 1 aromatic rings. The molecule has 0 radical (unpaired) electrons. The average molecular weight is 348 g/mol. The van der Waals surface area contributed by atoms with Crippen LogP contribution in [0.2, 0.25) is 0 Å². The van der Waals surface area contributed by atoms with E-state index in [0.29, 0.717) is 18.0 Å². The molecular formula is C19H28N2O4. The van der Waals surface area contributed by atoms with Crippen molar-refractivity contribution >= 4 is 11.8 Å². The Hall–Kier alpha value is -2.24. The number of benzene rings is 1. The molecule has 1 fully saturated rings. The lowest BCUT2D eigenvalue weighted by Crippen LogP contribution is -2.40. The number of ether oxygens (including phenoxy) is 2. The summed E-state index contributed by atoms with van der Waals surface area (Å²) in [5, 5.41) is 2.78. The van der Waals surface area contributed by atoms with Crippen molar-refractivity contribution in [3.63, 3.8) is 0 Å². The Kier molecular flexibility index (Phi) is 7.10. The molecule has 0 heterocycles. The lowest BCUT2D eigenvalue weighted by Gasteiger charge is -2.22. The van der Waals surface area contributed by atoms with Gasteiger partial charge in [0.25, 0.3) is 0 Å². The van der Waals surface area contributed by atoms with Crippen LogP contribution >= 0.6 is 0 Å². The van der Waals surface area contributed by atoms with E-state index in [0.717, 1.165) is 31.2 Å². The fourth-order valence-electron chi connectivity index (χ4n) is 3.15. The number of nitrogens with one attached hydrogen (secondary N) is 1. The first kappa shape index (κ1) is 19.1. The molecule has 25 heavy (non-hydrogen) atoms. The summed E-state index contributed by atoms with van der Waals surface area (Å²) in [6.45, 7) is 0.484. The summed E-state index contributed by atoms with van der Waals surface area (Å²) in [4.78, 5) is 26.0. The zero-order valence-electron chi connectivity index (χ0n) is 15.3. The largest absolute Gasteiger partial charge is 0.493 e. The number of rotatable bonds is 7. The van der Waals surface area contributed by atoms with E-state index >= 15 is 0 Å². The predicted octanol–water partition coefficient (Wildman–Crippen LogP) is 2.36. The van der Waals surface area contributed by atoms with Crippen molar-refractivity contribution in [1.29, 1.82) is 0 Å². The van der Waals surface area contributed by atoms with Crippen LogP contribution in [0.15, 0.2) is 18.2 Å². The van der Waals surface area contributed by atoms with Gasteiger partial charge in [-0.25, -0.2) is 0 Å². The highest BCUT2D eigenvalue weighted by molar-refractivity contribution is 5.85. The van der Waals surface area contributed by atoms with E-state index in [1.165, 1.54) is 6.42 Å². The molecule has 0 bridgehead atoms. The molecule has 0 saturated heterocycles. The minimum atomic E-state index is -0.112. The Morgan fingerprint density at radius 1 is 1.12 bits per heavy atom. The van der Waals surface area contributed by atoms with Crippen LogP contribution < -0.4 is 14.8 Å². The first-order valence-corrected chi connectivity index (χ1v) is 8.77. The highest BCUT2D eigenvalue weighted by atomic mass is 16.5. The van der Waals surface area contributed by atoms with Gasteiger partial charge in [0.15, 0.2) is 11.5 Å². The van der Waals surface area contributed by atoms with Gasteiger partial charge in [-0.3, -0.25) is 9.59 Å². The van der Waals surface area contributed by atoms with Crippen LogP contribution in [0.3, 0.4) is 0 Å². The molecule has 0 atom stereocenters. The van der Waals surface area contributed by atoms with Gasteiger partial charge in [-0.15, -0.1) is 0 Å².